The third kappa shape index (κ3) is 3.65. The largest absolute Gasteiger partial charge is 0.462 e. The Morgan fingerprint density at radius 3 is 2.68 bits per heavy atom. The molecular weight excluding hydrogens is 314 g/mol. The highest BCUT2D eigenvalue weighted by atomic mass is 16.5. The van der Waals surface area contributed by atoms with Gasteiger partial charge in [-0.1, -0.05) is 33.1 Å². The lowest BCUT2D eigenvalue weighted by atomic mass is 9.95. The van der Waals surface area contributed by atoms with Gasteiger partial charge in [0.1, 0.15) is 11.5 Å². The molecule has 3 rings (SSSR count). The van der Waals surface area contributed by atoms with Crippen LogP contribution in [-0.4, -0.2) is 28.0 Å². The van der Waals surface area contributed by atoms with Crippen molar-refractivity contribution in [1.82, 2.24) is 9.38 Å². The monoisotopic (exact) mass is 343 g/mol. The molecule has 1 aliphatic carbocycles. The molecule has 0 atom stereocenters. The molecule has 0 aromatic carbocycles. The van der Waals surface area contributed by atoms with Crippen molar-refractivity contribution in [3.63, 3.8) is 0 Å². The molecule has 0 amide bonds. The van der Waals surface area contributed by atoms with Crippen molar-refractivity contribution in [2.24, 2.45) is 0 Å². The number of carbonyl (C=O) groups is 1. The number of aromatic nitrogens is 2. The van der Waals surface area contributed by atoms with Gasteiger partial charge in [0, 0.05) is 11.7 Å². The smallest absolute Gasteiger partial charge is 0.338 e. The fourth-order valence-corrected chi connectivity index (χ4v) is 3.69. The molecule has 136 valence electrons. The second kappa shape index (κ2) is 7.46. The summed E-state index contributed by atoms with van der Waals surface area (Å²) in [6, 6.07) is 4.24. The normalized spacial score (nSPS) is 15.7. The first-order valence-corrected chi connectivity index (χ1v) is 9.48. The lowest BCUT2D eigenvalue weighted by Crippen LogP contribution is -2.24. The van der Waals surface area contributed by atoms with Crippen LogP contribution in [0.1, 0.15) is 80.5 Å². The molecule has 1 aliphatic rings. The van der Waals surface area contributed by atoms with E-state index in [4.69, 9.17) is 9.72 Å². The first kappa shape index (κ1) is 17.8. The molecule has 0 unspecified atom stereocenters. The molecule has 2 heterocycles. The van der Waals surface area contributed by atoms with E-state index < -0.39 is 0 Å². The van der Waals surface area contributed by atoms with Gasteiger partial charge in [0.25, 0.3) is 0 Å². The standard InChI is InChI=1S/C20H29N3O2/c1-5-25-20(24)15-11-14(4)23-17(12-15)22-18(13(2)3)19(23)21-16-9-7-6-8-10-16/h11-13,16,21H,5-10H2,1-4H3. The number of esters is 1. The molecule has 1 saturated carbocycles. The van der Waals surface area contributed by atoms with Crippen molar-refractivity contribution in [2.45, 2.75) is 71.8 Å². The van der Waals surface area contributed by atoms with Gasteiger partial charge in [-0.15, -0.1) is 0 Å². The average molecular weight is 343 g/mol. The lowest BCUT2D eigenvalue weighted by molar-refractivity contribution is 0.0526. The molecule has 1 N–H and O–H groups in total. The maximum absolute atomic E-state index is 12.1. The van der Waals surface area contributed by atoms with Gasteiger partial charge in [0.05, 0.1) is 17.9 Å². The summed E-state index contributed by atoms with van der Waals surface area (Å²) in [4.78, 5) is 16.9. The number of fused-ring (bicyclic) bond motifs is 1. The van der Waals surface area contributed by atoms with E-state index in [9.17, 15) is 4.79 Å². The van der Waals surface area contributed by atoms with Crippen LogP contribution in [0.25, 0.3) is 5.65 Å². The second-order valence-corrected chi connectivity index (χ2v) is 7.28. The van der Waals surface area contributed by atoms with Crippen LogP contribution in [-0.2, 0) is 4.74 Å². The van der Waals surface area contributed by atoms with Gasteiger partial charge in [-0.25, -0.2) is 9.78 Å². The van der Waals surface area contributed by atoms with Gasteiger partial charge >= 0.3 is 5.97 Å². The number of nitrogens with one attached hydrogen (secondary N) is 1. The summed E-state index contributed by atoms with van der Waals surface area (Å²) < 4.78 is 7.29. The highest BCUT2D eigenvalue weighted by Gasteiger charge is 2.22. The van der Waals surface area contributed by atoms with E-state index >= 15 is 0 Å². The van der Waals surface area contributed by atoms with E-state index in [1.165, 1.54) is 32.1 Å². The summed E-state index contributed by atoms with van der Waals surface area (Å²) in [5.74, 6) is 1.12. The molecule has 5 heteroatoms. The number of hydrogen-bond acceptors (Lipinski definition) is 4. The van der Waals surface area contributed by atoms with Crippen LogP contribution in [0.4, 0.5) is 5.82 Å². The Morgan fingerprint density at radius 2 is 2.04 bits per heavy atom. The zero-order valence-corrected chi connectivity index (χ0v) is 15.8. The number of pyridine rings is 1. The minimum absolute atomic E-state index is 0.288. The SMILES string of the molecule is CCOC(=O)c1cc(C)n2c(NC3CCCCC3)c(C(C)C)nc2c1. The maximum atomic E-state index is 12.1. The Hall–Kier alpha value is -2.04. The summed E-state index contributed by atoms with van der Waals surface area (Å²) in [5.41, 5.74) is 3.44. The lowest BCUT2D eigenvalue weighted by Gasteiger charge is -2.25. The van der Waals surface area contributed by atoms with Crippen LogP contribution in [0.15, 0.2) is 12.1 Å². The molecule has 0 spiro atoms. The van der Waals surface area contributed by atoms with Gasteiger partial charge in [-0.3, -0.25) is 4.40 Å². The number of carbonyl (C=O) groups excluding carboxylic acids is 1. The Balaban J connectivity index is 2.04. The Bertz CT molecular complexity index is 758. The number of anilines is 1. The number of aryl methyl sites for hydroxylation is 1. The summed E-state index contributed by atoms with van der Waals surface area (Å²) in [6.07, 6.45) is 6.34. The number of hydrogen-bond donors (Lipinski definition) is 1. The Kier molecular flexibility index (Phi) is 5.30. The molecule has 5 nitrogen and oxygen atoms in total. The molecule has 0 radical (unpaired) electrons. The Morgan fingerprint density at radius 1 is 1.32 bits per heavy atom. The maximum Gasteiger partial charge on any atom is 0.338 e. The quantitative estimate of drug-likeness (QED) is 0.800. The first-order chi connectivity index (χ1) is 12.0. The Labute approximate surface area is 149 Å². The highest BCUT2D eigenvalue weighted by Crippen LogP contribution is 2.30. The predicted octanol–water partition coefficient (Wildman–Crippen LogP) is 4.69. The minimum atomic E-state index is -0.288. The summed E-state index contributed by atoms with van der Waals surface area (Å²) >= 11 is 0. The van der Waals surface area contributed by atoms with Crippen molar-refractivity contribution in [3.05, 3.63) is 29.1 Å². The van der Waals surface area contributed by atoms with E-state index in [1.807, 2.05) is 26.0 Å². The van der Waals surface area contributed by atoms with Crippen molar-refractivity contribution in [3.8, 4) is 0 Å². The van der Waals surface area contributed by atoms with Crippen LogP contribution in [0, 0.1) is 6.92 Å². The fraction of sp³-hybridized carbons (Fsp3) is 0.600. The first-order valence-electron chi connectivity index (χ1n) is 9.48. The van der Waals surface area contributed by atoms with Gasteiger partial charge in [-0.2, -0.15) is 0 Å². The summed E-state index contributed by atoms with van der Waals surface area (Å²) in [5, 5.41) is 3.75. The van der Waals surface area contributed by atoms with Gasteiger partial charge in [-0.05, 0) is 44.7 Å². The summed E-state index contributed by atoms with van der Waals surface area (Å²) in [6.45, 7) is 8.55. The number of rotatable bonds is 5. The third-order valence-electron chi connectivity index (χ3n) is 4.94. The average Bonchev–Trinajstić information content (AvgIpc) is 2.95. The van der Waals surface area contributed by atoms with E-state index in [1.54, 1.807) is 0 Å². The molecule has 1 fully saturated rings. The zero-order valence-electron chi connectivity index (χ0n) is 15.8. The van der Waals surface area contributed by atoms with Crippen molar-refractivity contribution >= 4 is 17.4 Å². The topological polar surface area (TPSA) is 55.6 Å². The predicted molar refractivity (Wildman–Crippen MR) is 100 cm³/mol. The van der Waals surface area contributed by atoms with E-state index in [0.29, 0.717) is 24.1 Å². The minimum Gasteiger partial charge on any atom is -0.462 e. The molecule has 0 aliphatic heterocycles. The highest BCUT2D eigenvalue weighted by molar-refractivity contribution is 5.91. The van der Waals surface area contributed by atoms with Gasteiger partial charge in [0.2, 0.25) is 0 Å². The number of nitrogens with zero attached hydrogens (tertiary/aromatic N) is 2. The van der Waals surface area contributed by atoms with Crippen LogP contribution in [0.5, 0.6) is 0 Å². The summed E-state index contributed by atoms with van der Waals surface area (Å²) in [7, 11) is 0. The van der Waals surface area contributed by atoms with Crippen molar-refractivity contribution < 1.29 is 9.53 Å². The van der Waals surface area contributed by atoms with E-state index in [0.717, 1.165) is 22.9 Å². The molecule has 2 aromatic heterocycles. The van der Waals surface area contributed by atoms with E-state index in [2.05, 4.69) is 23.6 Å². The van der Waals surface area contributed by atoms with Crippen molar-refractivity contribution in [1.29, 1.82) is 0 Å². The molecular formula is C20H29N3O2. The van der Waals surface area contributed by atoms with Crippen LogP contribution in [0.2, 0.25) is 0 Å². The van der Waals surface area contributed by atoms with Crippen molar-refractivity contribution in [2.75, 3.05) is 11.9 Å². The van der Waals surface area contributed by atoms with Crippen LogP contribution >= 0.6 is 0 Å². The van der Waals surface area contributed by atoms with Crippen LogP contribution in [0.3, 0.4) is 0 Å². The molecule has 0 bridgehead atoms. The van der Waals surface area contributed by atoms with Crippen LogP contribution < -0.4 is 5.32 Å². The number of imidazole rings is 1. The molecule has 2 aromatic rings. The van der Waals surface area contributed by atoms with E-state index in [-0.39, 0.29) is 5.97 Å². The zero-order chi connectivity index (χ0) is 18.0. The number of ether oxygens (including phenoxy) is 1. The van der Waals surface area contributed by atoms with Gasteiger partial charge in [0.15, 0.2) is 0 Å². The third-order valence-corrected chi connectivity index (χ3v) is 4.94. The molecule has 25 heavy (non-hydrogen) atoms. The van der Waals surface area contributed by atoms with Gasteiger partial charge < -0.3 is 10.1 Å². The second-order valence-electron chi connectivity index (χ2n) is 7.28. The fourth-order valence-electron chi connectivity index (χ4n) is 3.69. The molecule has 0 saturated heterocycles.